The molecule has 5 aromatic rings. The summed E-state index contributed by atoms with van der Waals surface area (Å²) in [6, 6.07) is 42.8. The molecule has 436 valence electrons. The van der Waals surface area contributed by atoms with Crippen molar-refractivity contribution >= 4 is 18.0 Å². The van der Waals surface area contributed by atoms with Crippen molar-refractivity contribution in [1.82, 2.24) is 10.6 Å². The number of carbonyl (C=O) groups excluding carboxylic acids is 3. The van der Waals surface area contributed by atoms with Crippen molar-refractivity contribution in [2.75, 3.05) is 13.2 Å². The molecule has 0 bridgehead atoms. The molecule has 0 aromatic heterocycles. The van der Waals surface area contributed by atoms with Crippen molar-refractivity contribution in [2.24, 2.45) is 0 Å². The number of benzene rings is 5. The fourth-order valence-corrected chi connectivity index (χ4v) is 9.30. The number of nitro groups is 1. The molecule has 5 aromatic carbocycles. The number of carbonyl (C=O) groups is 3. The van der Waals surface area contributed by atoms with E-state index in [1.807, 2.05) is 152 Å². The Bertz CT molecular complexity index is 2700. The van der Waals surface area contributed by atoms with E-state index in [0.29, 0.717) is 5.56 Å². The van der Waals surface area contributed by atoms with E-state index in [1.54, 1.807) is 41.5 Å². The van der Waals surface area contributed by atoms with Crippen molar-refractivity contribution in [3.8, 4) is 0 Å². The lowest BCUT2D eigenvalue weighted by molar-refractivity contribution is -0.578. The Morgan fingerprint density at radius 1 is 0.543 bits per heavy atom. The van der Waals surface area contributed by atoms with Gasteiger partial charge in [-0.2, -0.15) is 0 Å². The molecule has 2 N–H and O–H groups in total. The van der Waals surface area contributed by atoms with Gasteiger partial charge in [-0.1, -0.05) is 152 Å². The van der Waals surface area contributed by atoms with Gasteiger partial charge in [0.15, 0.2) is 18.4 Å². The first-order chi connectivity index (χ1) is 38.8. The molecule has 12 atom stereocenters. The van der Waals surface area contributed by atoms with Crippen LogP contribution in [0.4, 0.5) is 4.79 Å². The summed E-state index contributed by atoms with van der Waals surface area (Å²) >= 11 is 0. The van der Waals surface area contributed by atoms with E-state index < -0.39 is 114 Å². The lowest BCUT2D eigenvalue weighted by Crippen LogP contribution is -2.67. The number of hydrogen-bond donors (Lipinski definition) is 2. The molecular formula is C62H77N3O16. The third kappa shape index (κ3) is 19.5. The van der Waals surface area contributed by atoms with Crippen molar-refractivity contribution in [3.63, 3.8) is 0 Å². The Morgan fingerprint density at radius 2 is 0.938 bits per heavy atom. The highest BCUT2D eigenvalue weighted by molar-refractivity contribution is 5.82. The minimum atomic E-state index is -1.81. The van der Waals surface area contributed by atoms with E-state index in [-0.39, 0.29) is 39.6 Å². The minimum absolute atomic E-state index is 0.00119. The van der Waals surface area contributed by atoms with E-state index in [2.05, 4.69) is 10.6 Å². The summed E-state index contributed by atoms with van der Waals surface area (Å²) in [7, 11) is 0. The molecule has 0 saturated carbocycles. The van der Waals surface area contributed by atoms with Crippen LogP contribution in [0.2, 0.25) is 0 Å². The molecule has 2 fully saturated rings. The van der Waals surface area contributed by atoms with Gasteiger partial charge in [0.1, 0.15) is 47.8 Å². The Balaban J connectivity index is 1.27. The van der Waals surface area contributed by atoms with Gasteiger partial charge in [0.25, 0.3) is 6.04 Å². The Kier molecular flexibility index (Phi) is 22.9. The maximum atomic E-state index is 14.0. The quantitative estimate of drug-likeness (QED) is 0.0300. The lowest BCUT2D eigenvalue weighted by Gasteiger charge is -2.47. The molecule has 0 spiro atoms. The Labute approximate surface area is 474 Å². The zero-order valence-corrected chi connectivity index (χ0v) is 47.3. The maximum absolute atomic E-state index is 14.0. The van der Waals surface area contributed by atoms with Crippen LogP contribution in [0.25, 0.3) is 0 Å². The molecule has 7 rings (SSSR count). The molecule has 0 radical (unpaired) electrons. The molecule has 81 heavy (non-hydrogen) atoms. The van der Waals surface area contributed by atoms with Gasteiger partial charge in [0.05, 0.1) is 52.4 Å². The SMILES string of the molecule is CC(=O)N[C@H]1[C@H](OC[C@H]2O[C@H](O[C@H](C)[C@H](NC(=O)OC(C)(C)C)C(=O)OC(C)(C)C)[C@H]([N+](=O)[O-])[C@@H](OCc3ccccc3)[C@H]2OCc2ccccc2)O[C@H](COCc2ccccc2)[C@@H](OCc2ccccc2)[C@@H]1OCc1ccccc1. The number of alkyl carbamates (subject to hydrolysis) is 1. The monoisotopic (exact) mass is 1120 g/mol. The average molecular weight is 1120 g/mol. The highest BCUT2D eigenvalue weighted by Crippen LogP contribution is 2.34. The van der Waals surface area contributed by atoms with Gasteiger partial charge in [0, 0.05) is 11.8 Å². The summed E-state index contributed by atoms with van der Waals surface area (Å²) in [5, 5.41) is 19.3. The van der Waals surface area contributed by atoms with Gasteiger partial charge in [-0.25, -0.2) is 9.59 Å². The molecule has 2 heterocycles. The minimum Gasteiger partial charge on any atom is -0.458 e. The van der Waals surface area contributed by atoms with Crippen LogP contribution in [0.15, 0.2) is 152 Å². The third-order valence-corrected chi connectivity index (χ3v) is 13.0. The number of hydrogen-bond acceptors (Lipinski definition) is 16. The van der Waals surface area contributed by atoms with E-state index >= 15 is 0 Å². The number of nitrogens with one attached hydrogen (secondary N) is 2. The van der Waals surface area contributed by atoms with Crippen LogP contribution < -0.4 is 10.6 Å². The molecule has 2 aliphatic rings. The van der Waals surface area contributed by atoms with Crippen molar-refractivity contribution < 1.29 is 71.4 Å². The number of nitrogens with zero attached hydrogens (tertiary/aromatic N) is 1. The summed E-state index contributed by atoms with van der Waals surface area (Å²) in [6.45, 7) is 12.8. The first-order valence-corrected chi connectivity index (χ1v) is 27.2. The van der Waals surface area contributed by atoms with Crippen molar-refractivity contribution in [2.45, 2.75) is 173 Å². The fourth-order valence-electron chi connectivity index (χ4n) is 9.30. The zero-order valence-electron chi connectivity index (χ0n) is 47.3. The third-order valence-electron chi connectivity index (χ3n) is 13.0. The Morgan fingerprint density at radius 3 is 1.37 bits per heavy atom. The van der Waals surface area contributed by atoms with E-state index in [4.69, 9.17) is 52.1 Å². The number of rotatable bonds is 26. The van der Waals surface area contributed by atoms with Crippen LogP contribution in [-0.2, 0) is 94.7 Å². The van der Waals surface area contributed by atoms with Gasteiger partial charge >= 0.3 is 12.1 Å². The summed E-state index contributed by atoms with van der Waals surface area (Å²) in [5.74, 6) is -1.32. The number of amides is 2. The van der Waals surface area contributed by atoms with E-state index in [0.717, 1.165) is 22.3 Å². The molecule has 2 aliphatic heterocycles. The molecule has 2 amide bonds. The standard InChI is InChI=1S/C62H77N3O16/c1-41(50(57(67)80-61(3,4)5)64-60(68)81-62(6,7)8)77-59-52(65(69)70)56(75-38-47-32-22-13-23-33-47)54(73-36-45-28-18-11-19-29-45)49(79-59)40-76-58-51(63-42(2)66)55(74-37-46-30-20-12-21-31-46)53(72-35-44-26-16-10-17-27-44)48(78-58)39-71-34-43-24-14-9-15-25-43/h9-33,41,48-56,58-59H,34-40H2,1-8H3,(H,63,66)(H,64,68)/t41-,48-,49-,50+,51-,52-,53-,54+,55-,56-,58-,59+/m1/s1. The fraction of sp³-hybridized carbons (Fsp3) is 0.468. The molecule has 19 nitrogen and oxygen atoms in total. The van der Waals surface area contributed by atoms with Crippen LogP contribution in [-0.4, -0.2) is 121 Å². The highest BCUT2D eigenvalue weighted by atomic mass is 16.7. The summed E-state index contributed by atoms with van der Waals surface area (Å²) in [6.07, 6.45) is -12.0. The van der Waals surface area contributed by atoms with Gasteiger partial charge < -0.3 is 62.7 Å². The van der Waals surface area contributed by atoms with Crippen molar-refractivity contribution in [1.29, 1.82) is 0 Å². The normalized spacial score (nSPS) is 23.8. The largest absolute Gasteiger partial charge is 0.458 e. The molecule has 19 heteroatoms. The van der Waals surface area contributed by atoms with E-state index in [9.17, 15) is 24.5 Å². The molecular weight excluding hydrogens is 1040 g/mol. The summed E-state index contributed by atoms with van der Waals surface area (Å²) in [5.41, 5.74) is 2.15. The first-order valence-electron chi connectivity index (χ1n) is 27.2. The average Bonchev–Trinajstić information content (AvgIpc) is 3.63. The molecule has 0 unspecified atom stereocenters. The maximum Gasteiger partial charge on any atom is 0.408 e. The predicted molar refractivity (Wildman–Crippen MR) is 297 cm³/mol. The van der Waals surface area contributed by atoms with Crippen LogP contribution >= 0.6 is 0 Å². The second kappa shape index (κ2) is 29.9. The van der Waals surface area contributed by atoms with Crippen LogP contribution in [0.5, 0.6) is 0 Å². The van der Waals surface area contributed by atoms with Gasteiger partial charge in [-0.15, -0.1) is 0 Å². The van der Waals surface area contributed by atoms with Crippen LogP contribution in [0, 0.1) is 10.1 Å². The molecule has 0 aliphatic carbocycles. The predicted octanol–water partition coefficient (Wildman–Crippen LogP) is 8.80. The van der Waals surface area contributed by atoms with Crippen molar-refractivity contribution in [3.05, 3.63) is 190 Å². The zero-order chi connectivity index (χ0) is 57.9. The Hall–Kier alpha value is -6.65. The smallest absolute Gasteiger partial charge is 0.408 e. The second-order valence-corrected chi connectivity index (χ2v) is 22.0. The van der Waals surface area contributed by atoms with Gasteiger partial charge in [-0.3, -0.25) is 14.9 Å². The topological polar surface area (TPSA) is 220 Å². The van der Waals surface area contributed by atoms with E-state index in [1.165, 1.54) is 13.8 Å². The first kappa shape index (κ1) is 62.0. The number of ether oxygens (including phenoxy) is 11. The van der Waals surface area contributed by atoms with Gasteiger partial charge in [0.2, 0.25) is 12.2 Å². The van der Waals surface area contributed by atoms with Crippen LogP contribution in [0.1, 0.15) is 83.2 Å². The molecule has 2 saturated heterocycles. The summed E-state index contributed by atoms with van der Waals surface area (Å²) < 4.78 is 71.4. The second-order valence-electron chi connectivity index (χ2n) is 22.0. The lowest BCUT2D eigenvalue weighted by atomic mass is 9.95. The van der Waals surface area contributed by atoms with Gasteiger partial charge in [-0.05, 0) is 76.3 Å². The summed E-state index contributed by atoms with van der Waals surface area (Å²) in [4.78, 5) is 53.8. The highest BCUT2D eigenvalue weighted by Gasteiger charge is 2.57. The number of esters is 1. The van der Waals surface area contributed by atoms with Crippen LogP contribution in [0.3, 0.4) is 0 Å².